The van der Waals surface area contributed by atoms with E-state index < -0.39 is 11.2 Å². The van der Waals surface area contributed by atoms with Crippen LogP contribution >= 0.6 is 23.1 Å². The fourth-order valence-corrected chi connectivity index (χ4v) is 2.50. The van der Waals surface area contributed by atoms with Gasteiger partial charge in [0.25, 0.3) is 0 Å². The fourth-order valence-electron chi connectivity index (χ4n) is 1.14. The number of aromatic nitrogens is 2. The van der Waals surface area contributed by atoms with Crippen LogP contribution in [0.3, 0.4) is 0 Å². The van der Waals surface area contributed by atoms with E-state index in [4.69, 9.17) is 0 Å². The fraction of sp³-hybridized carbons (Fsp3) is 0.778. The third-order valence-corrected chi connectivity index (χ3v) is 4.06. The normalized spacial score (nSPS) is 13.8. The summed E-state index contributed by atoms with van der Waals surface area (Å²) >= 11 is 2.29. The van der Waals surface area contributed by atoms with Crippen LogP contribution in [0.2, 0.25) is 0 Å². The first kappa shape index (κ1) is 14.6. The zero-order chi connectivity index (χ0) is 13.1. The summed E-state index contributed by atoms with van der Waals surface area (Å²) in [5, 5.41) is 6.17. The predicted molar refractivity (Wildman–Crippen MR) is 65.8 cm³/mol. The molecule has 17 heavy (non-hydrogen) atoms. The van der Waals surface area contributed by atoms with Crippen LogP contribution in [0.4, 0.5) is 18.3 Å². The van der Waals surface area contributed by atoms with Crippen molar-refractivity contribution >= 4 is 28.2 Å². The zero-order valence-electron chi connectivity index (χ0n) is 9.78. The predicted octanol–water partition coefficient (Wildman–Crippen LogP) is 3.13. The van der Waals surface area contributed by atoms with Crippen LogP contribution in [0.5, 0.6) is 0 Å². The number of hydrogen-bond donors (Lipinski definition) is 0. The molecule has 0 spiro atoms. The number of rotatable bonds is 5. The minimum absolute atomic E-state index is 0.150. The number of nitrogens with zero attached hydrogens (tertiary/aromatic N) is 3. The second-order valence-corrected chi connectivity index (χ2v) is 5.57. The Morgan fingerprint density at radius 2 is 2.06 bits per heavy atom. The molecule has 0 saturated carbocycles. The monoisotopic (exact) mass is 285 g/mol. The molecular formula is C9H14F3N3S2. The lowest BCUT2D eigenvalue weighted by Gasteiger charge is -2.23. The van der Waals surface area contributed by atoms with Gasteiger partial charge in [-0.05, 0) is 25.4 Å². The molecule has 1 aromatic rings. The molecule has 0 aliphatic rings. The van der Waals surface area contributed by atoms with E-state index >= 15 is 0 Å². The van der Waals surface area contributed by atoms with Gasteiger partial charge in [0.15, 0.2) is 0 Å². The molecule has 0 aromatic carbocycles. The van der Waals surface area contributed by atoms with Gasteiger partial charge in [-0.3, -0.25) is 0 Å². The minimum atomic E-state index is -4.40. The summed E-state index contributed by atoms with van der Waals surface area (Å²) in [4.78, 5) is 1.74. The summed E-state index contributed by atoms with van der Waals surface area (Å²) in [5.41, 5.74) is 0. The van der Waals surface area contributed by atoms with E-state index in [1.165, 1.54) is 0 Å². The van der Waals surface area contributed by atoms with Gasteiger partial charge < -0.3 is 4.90 Å². The average Bonchev–Trinajstić information content (AvgIpc) is 2.73. The molecule has 1 unspecified atom stereocenters. The van der Waals surface area contributed by atoms with Gasteiger partial charge in [0.05, 0.1) is 0 Å². The van der Waals surface area contributed by atoms with Crippen molar-refractivity contribution in [2.45, 2.75) is 25.6 Å². The summed E-state index contributed by atoms with van der Waals surface area (Å²) in [6.07, 6.45) is -1.50. The van der Waals surface area contributed by atoms with Gasteiger partial charge in [0.2, 0.25) is 10.1 Å². The summed E-state index contributed by atoms with van der Waals surface area (Å²) < 4.78 is 37.1. The summed E-state index contributed by atoms with van der Waals surface area (Å²) in [7, 11) is 1.74. The first-order valence-electron chi connectivity index (χ1n) is 4.98. The van der Waals surface area contributed by atoms with Crippen molar-refractivity contribution in [3.63, 3.8) is 0 Å². The highest BCUT2D eigenvalue weighted by molar-refractivity contribution is 7.98. The number of anilines is 1. The third-order valence-electron chi connectivity index (χ3n) is 2.36. The first-order valence-corrected chi connectivity index (χ1v) is 7.19. The number of hydrogen-bond acceptors (Lipinski definition) is 5. The Morgan fingerprint density at radius 3 is 2.53 bits per heavy atom. The van der Waals surface area contributed by atoms with Crippen molar-refractivity contribution in [2.75, 3.05) is 24.0 Å². The molecule has 1 atom stereocenters. The van der Waals surface area contributed by atoms with Crippen LogP contribution in [0.25, 0.3) is 0 Å². The minimum Gasteiger partial charge on any atom is -0.347 e. The van der Waals surface area contributed by atoms with Crippen molar-refractivity contribution < 1.29 is 13.2 Å². The van der Waals surface area contributed by atoms with Crippen LogP contribution < -0.4 is 4.90 Å². The maximum absolute atomic E-state index is 12.4. The van der Waals surface area contributed by atoms with Gasteiger partial charge in [-0.25, -0.2) is 0 Å². The van der Waals surface area contributed by atoms with Crippen molar-refractivity contribution in [3.05, 3.63) is 5.01 Å². The van der Waals surface area contributed by atoms with Crippen LogP contribution in [0, 0.1) is 0 Å². The average molecular weight is 285 g/mol. The number of halogens is 3. The van der Waals surface area contributed by atoms with E-state index in [0.29, 0.717) is 16.5 Å². The smallest absolute Gasteiger partial charge is 0.347 e. The van der Waals surface area contributed by atoms with Crippen molar-refractivity contribution in [2.24, 2.45) is 0 Å². The second kappa shape index (κ2) is 5.90. The molecule has 1 aromatic heterocycles. The Labute approximate surface area is 106 Å². The van der Waals surface area contributed by atoms with Gasteiger partial charge in [-0.1, -0.05) is 11.3 Å². The lowest BCUT2D eigenvalue weighted by Crippen LogP contribution is -2.29. The van der Waals surface area contributed by atoms with Crippen molar-refractivity contribution in [1.82, 2.24) is 10.2 Å². The van der Waals surface area contributed by atoms with Crippen LogP contribution in [0.15, 0.2) is 0 Å². The Bertz CT molecular complexity index is 354. The zero-order valence-corrected chi connectivity index (χ0v) is 11.4. The van der Waals surface area contributed by atoms with E-state index in [0.717, 1.165) is 12.2 Å². The standard InChI is InChI=1S/C9H14F3N3S2/c1-6(4-5-16-3)15(2)8-14-13-7(17-8)9(10,11)12/h6H,4-5H2,1-3H3. The molecule has 98 valence electrons. The molecule has 1 rings (SSSR count). The van der Waals surface area contributed by atoms with Crippen LogP contribution in [-0.4, -0.2) is 35.3 Å². The summed E-state index contributed by atoms with van der Waals surface area (Å²) in [6, 6.07) is 0.150. The molecule has 3 nitrogen and oxygen atoms in total. The lowest BCUT2D eigenvalue weighted by molar-refractivity contribution is -0.138. The molecule has 0 aliphatic carbocycles. The molecule has 0 fully saturated rings. The maximum atomic E-state index is 12.4. The molecule has 0 N–H and O–H groups in total. The largest absolute Gasteiger partial charge is 0.445 e. The maximum Gasteiger partial charge on any atom is 0.445 e. The van der Waals surface area contributed by atoms with Gasteiger partial charge in [-0.2, -0.15) is 24.9 Å². The highest BCUT2D eigenvalue weighted by atomic mass is 32.2. The summed E-state index contributed by atoms with van der Waals surface area (Å²) in [5.74, 6) is 0.969. The van der Waals surface area contributed by atoms with Crippen LogP contribution in [0.1, 0.15) is 18.4 Å². The van der Waals surface area contributed by atoms with Gasteiger partial charge in [0, 0.05) is 13.1 Å². The Hall–Kier alpha value is -0.500. The molecule has 0 saturated heterocycles. The number of thioether (sulfide) groups is 1. The molecule has 0 amide bonds. The SMILES string of the molecule is CSCCC(C)N(C)c1nnc(C(F)(F)F)s1. The van der Waals surface area contributed by atoms with E-state index in [1.54, 1.807) is 23.7 Å². The second-order valence-electron chi connectivity index (χ2n) is 3.63. The molecule has 1 heterocycles. The molecule has 8 heteroatoms. The van der Waals surface area contributed by atoms with Crippen molar-refractivity contribution in [1.29, 1.82) is 0 Å². The van der Waals surface area contributed by atoms with E-state index in [2.05, 4.69) is 10.2 Å². The topological polar surface area (TPSA) is 29.0 Å². The van der Waals surface area contributed by atoms with Crippen molar-refractivity contribution in [3.8, 4) is 0 Å². The highest BCUT2D eigenvalue weighted by Crippen LogP contribution is 2.34. The van der Waals surface area contributed by atoms with Gasteiger partial charge >= 0.3 is 6.18 Å². The summed E-state index contributed by atoms with van der Waals surface area (Å²) in [6.45, 7) is 1.96. The van der Waals surface area contributed by atoms with Gasteiger partial charge in [-0.15, -0.1) is 10.2 Å². The quantitative estimate of drug-likeness (QED) is 0.831. The molecular weight excluding hydrogens is 271 g/mol. The third kappa shape index (κ3) is 4.02. The lowest BCUT2D eigenvalue weighted by atomic mass is 10.2. The Balaban J connectivity index is 2.69. The first-order chi connectivity index (χ1) is 7.86. The van der Waals surface area contributed by atoms with E-state index in [-0.39, 0.29) is 6.04 Å². The van der Waals surface area contributed by atoms with E-state index in [1.807, 2.05) is 13.2 Å². The Morgan fingerprint density at radius 1 is 1.41 bits per heavy atom. The van der Waals surface area contributed by atoms with E-state index in [9.17, 15) is 13.2 Å². The number of alkyl halides is 3. The molecule has 0 radical (unpaired) electrons. The molecule has 0 aliphatic heterocycles. The Kier molecular flexibility index (Phi) is 5.05. The molecule has 0 bridgehead atoms. The van der Waals surface area contributed by atoms with Crippen LogP contribution in [-0.2, 0) is 6.18 Å². The highest BCUT2D eigenvalue weighted by Gasteiger charge is 2.36. The van der Waals surface area contributed by atoms with Gasteiger partial charge in [0.1, 0.15) is 0 Å².